The number of halogens is 1. The summed E-state index contributed by atoms with van der Waals surface area (Å²) >= 11 is 5.67. The fourth-order valence-corrected chi connectivity index (χ4v) is 7.50. The van der Waals surface area contributed by atoms with Gasteiger partial charge in [0.25, 0.3) is 0 Å². The van der Waals surface area contributed by atoms with Crippen LogP contribution in [-0.2, 0) is 19.1 Å². The zero-order valence-corrected chi connectivity index (χ0v) is 28.2. The molecule has 3 N–H and O–H groups in total. The molecule has 2 fully saturated rings. The predicted octanol–water partition coefficient (Wildman–Crippen LogP) is 6.21. The molecular weight excluding hydrogens is 642 g/mol. The Hall–Kier alpha value is -4.60. The highest BCUT2D eigenvalue weighted by Crippen LogP contribution is 2.51. The Kier molecular flexibility index (Phi) is 9.22. The number of amides is 2. The first kappa shape index (κ1) is 32.9. The smallest absolute Gasteiger partial charge is 0.332 e. The van der Waals surface area contributed by atoms with Crippen molar-refractivity contribution in [1.29, 1.82) is 0 Å². The molecule has 2 aliphatic carbocycles. The second-order valence-electron chi connectivity index (χ2n) is 13.2. The minimum Gasteiger partial charge on any atom is -0.493 e. The van der Waals surface area contributed by atoms with Crippen LogP contribution in [-0.4, -0.2) is 55.7 Å². The van der Waals surface area contributed by atoms with E-state index in [1.165, 1.54) is 7.11 Å². The second kappa shape index (κ2) is 13.7. The Labute approximate surface area is 290 Å². The van der Waals surface area contributed by atoms with Crippen molar-refractivity contribution in [1.82, 2.24) is 15.5 Å². The van der Waals surface area contributed by atoms with Crippen LogP contribution in [0.4, 0.5) is 0 Å². The molecule has 4 aromatic rings. The maximum Gasteiger partial charge on any atom is 0.332 e. The van der Waals surface area contributed by atoms with Crippen LogP contribution in [0.1, 0.15) is 38.5 Å². The first-order valence-corrected chi connectivity index (χ1v) is 17.3. The fourth-order valence-electron chi connectivity index (χ4n) is 7.37. The van der Waals surface area contributed by atoms with Crippen LogP contribution in [0.25, 0.3) is 32.7 Å². The average Bonchev–Trinajstić information content (AvgIpc) is 4.02. The molecule has 2 amide bonds. The summed E-state index contributed by atoms with van der Waals surface area (Å²) in [6.45, 7) is 1.11. The van der Waals surface area contributed by atoms with E-state index >= 15 is 0 Å². The van der Waals surface area contributed by atoms with Gasteiger partial charge in [-0.3, -0.25) is 9.59 Å². The standard InChI is InChI=1S/C39H40ClN3O6/c1-47-37(46)39-24-28(39)12-7-21-48-31-18-16-25-9-2-4-13-29(25)34(31)35-30-14-5-3-10-26(30)17-19-32(35)49-22-8-15-33(44)42-38(36(45)43-39)23-27(38)11-6-20-41-40/h2-5,7,9-10,12-14,16-19,27-28,41H,6,8,11,15,20-24H2,1H3,(H,42,44)(H,43,45)/b12-7+. The van der Waals surface area contributed by atoms with E-state index in [-0.39, 0.29) is 36.7 Å². The normalized spacial score (nSPS) is 25.9. The van der Waals surface area contributed by atoms with Crippen molar-refractivity contribution in [2.45, 2.75) is 49.6 Å². The molecule has 4 unspecified atom stereocenters. The monoisotopic (exact) mass is 681 g/mol. The molecule has 4 atom stereocenters. The average molecular weight is 682 g/mol. The zero-order valence-electron chi connectivity index (χ0n) is 27.4. The predicted molar refractivity (Wildman–Crippen MR) is 189 cm³/mol. The van der Waals surface area contributed by atoms with Gasteiger partial charge in [0.05, 0.1) is 13.7 Å². The number of methoxy groups -OCH3 is 1. The number of fused-ring (bicyclic) bond motifs is 8. The van der Waals surface area contributed by atoms with Gasteiger partial charge in [-0.05, 0) is 83.5 Å². The van der Waals surface area contributed by atoms with E-state index in [1.54, 1.807) is 0 Å². The molecule has 0 bridgehead atoms. The van der Waals surface area contributed by atoms with Crippen LogP contribution in [0.15, 0.2) is 84.9 Å². The summed E-state index contributed by atoms with van der Waals surface area (Å²) in [7, 11) is 1.32. The summed E-state index contributed by atoms with van der Waals surface area (Å²) in [5.41, 5.74) is -0.456. The number of rotatable bonds is 5. The van der Waals surface area contributed by atoms with E-state index in [1.807, 2.05) is 60.7 Å². The minimum atomic E-state index is -1.20. The van der Waals surface area contributed by atoms with Gasteiger partial charge in [0.2, 0.25) is 11.8 Å². The van der Waals surface area contributed by atoms with Crippen molar-refractivity contribution in [2.24, 2.45) is 11.8 Å². The lowest BCUT2D eigenvalue weighted by Crippen LogP contribution is -2.56. The number of carbonyl (C=O) groups excluding carboxylic acids is 3. The highest BCUT2D eigenvalue weighted by molar-refractivity contribution is 6.13. The third-order valence-corrected chi connectivity index (χ3v) is 10.3. The summed E-state index contributed by atoms with van der Waals surface area (Å²) in [5, 5.41) is 10.2. The lowest BCUT2D eigenvalue weighted by atomic mass is 9.92. The van der Waals surface area contributed by atoms with Crippen molar-refractivity contribution < 1.29 is 28.6 Å². The third kappa shape index (κ3) is 6.33. The molecule has 3 aliphatic rings. The Morgan fingerprint density at radius 1 is 0.918 bits per heavy atom. The summed E-state index contributed by atoms with van der Waals surface area (Å²) in [5.74, 6) is -0.0811. The third-order valence-electron chi connectivity index (χ3n) is 10.1. The number of carbonyl (C=O) groups is 3. The van der Waals surface area contributed by atoms with Crippen molar-refractivity contribution in [3.05, 3.63) is 84.9 Å². The molecule has 4 aromatic carbocycles. The molecule has 7 rings (SSSR count). The van der Waals surface area contributed by atoms with Crippen LogP contribution >= 0.6 is 11.8 Å². The molecule has 0 saturated heterocycles. The van der Waals surface area contributed by atoms with Gasteiger partial charge in [0.15, 0.2) is 0 Å². The number of hydrogen-bond acceptors (Lipinski definition) is 7. The molecular formula is C39H40ClN3O6. The summed E-state index contributed by atoms with van der Waals surface area (Å²) in [6, 6.07) is 24.4. The molecule has 10 heteroatoms. The summed E-state index contributed by atoms with van der Waals surface area (Å²) in [6.07, 6.45) is 6.71. The van der Waals surface area contributed by atoms with Crippen molar-refractivity contribution in [2.75, 3.05) is 26.9 Å². The van der Waals surface area contributed by atoms with E-state index < -0.39 is 17.0 Å². The van der Waals surface area contributed by atoms with Gasteiger partial charge in [-0.1, -0.05) is 72.8 Å². The number of hydrogen-bond donors (Lipinski definition) is 3. The van der Waals surface area contributed by atoms with Gasteiger partial charge < -0.3 is 24.8 Å². The Bertz CT molecular complexity index is 1950. The largest absolute Gasteiger partial charge is 0.493 e. The Balaban J connectivity index is 1.26. The molecule has 1 heterocycles. The maximum atomic E-state index is 13.9. The van der Waals surface area contributed by atoms with E-state index in [0.717, 1.165) is 39.1 Å². The van der Waals surface area contributed by atoms with Gasteiger partial charge in [-0.2, -0.15) is 0 Å². The molecule has 0 aromatic heterocycles. The van der Waals surface area contributed by atoms with Crippen molar-refractivity contribution in [3.8, 4) is 22.6 Å². The van der Waals surface area contributed by atoms with Crippen LogP contribution in [0.3, 0.4) is 0 Å². The molecule has 9 nitrogen and oxygen atoms in total. The fraction of sp³-hybridized carbons (Fsp3) is 0.359. The molecule has 49 heavy (non-hydrogen) atoms. The maximum absolute atomic E-state index is 13.9. The van der Waals surface area contributed by atoms with Gasteiger partial charge in [-0.15, -0.1) is 0 Å². The van der Waals surface area contributed by atoms with E-state index in [9.17, 15) is 14.4 Å². The second-order valence-corrected chi connectivity index (χ2v) is 13.5. The van der Waals surface area contributed by atoms with Crippen LogP contribution in [0, 0.1) is 11.8 Å². The molecule has 0 radical (unpaired) electrons. The summed E-state index contributed by atoms with van der Waals surface area (Å²) < 4.78 is 18.1. The topological polar surface area (TPSA) is 115 Å². The van der Waals surface area contributed by atoms with Crippen LogP contribution in [0.5, 0.6) is 11.5 Å². The number of esters is 1. The first-order chi connectivity index (χ1) is 23.9. The van der Waals surface area contributed by atoms with Crippen LogP contribution in [0.2, 0.25) is 0 Å². The quantitative estimate of drug-likeness (QED) is 0.0993. The summed E-state index contributed by atoms with van der Waals surface area (Å²) in [4.78, 5) is 43.1. The number of nitrogens with one attached hydrogen (secondary N) is 3. The highest BCUT2D eigenvalue weighted by Gasteiger charge is 2.66. The molecule has 254 valence electrons. The lowest BCUT2D eigenvalue weighted by molar-refractivity contribution is -0.147. The Morgan fingerprint density at radius 2 is 1.59 bits per heavy atom. The first-order valence-electron chi connectivity index (χ1n) is 16.9. The van der Waals surface area contributed by atoms with E-state index in [2.05, 4.69) is 39.7 Å². The lowest BCUT2D eigenvalue weighted by Gasteiger charge is -2.24. The number of ether oxygens (including phenoxy) is 3. The van der Waals surface area contributed by atoms with Gasteiger partial charge in [-0.25, -0.2) is 9.63 Å². The Morgan fingerprint density at radius 3 is 2.27 bits per heavy atom. The number of benzene rings is 4. The van der Waals surface area contributed by atoms with Gasteiger partial charge in [0.1, 0.15) is 29.2 Å². The molecule has 2 saturated carbocycles. The van der Waals surface area contributed by atoms with Crippen molar-refractivity contribution >= 4 is 51.1 Å². The molecule has 1 aliphatic heterocycles. The van der Waals surface area contributed by atoms with E-state index in [0.29, 0.717) is 50.3 Å². The van der Waals surface area contributed by atoms with E-state index in [4.69, 9.17) is 26.0 Å². The van der Waals surface area contributed by atoms with Gasteiger partial charge >= 0.3 is 5.97 Å². The SMILES string of the molecule is COC(=O)C12CC1/C=C/COc1ccc3ccccc3c1-c1c(ccc3ccccc13)OCCCC(=O)NC1(CC1CCCNCl)C(=O)N2. The van der Waals surface area contributed by atoms with Crippen molar-refractivity contribution in [3.63, 3.8) is 0 Å². The zero-order chi connectivity index (χ0) is 34.0. The van der Waals surface area contributed by atoms with Crippen LogP contribution < -0.4 is 24.9 Å². The highest BCUT2D eigenvalue weighted by atomic mass is 35.5. The van der Waals surface area contributed by atoms with Gasteiger partial charge in [0, 0.05) is 30.0 Å². The minimum absolute atomic E-state index is 0.0730. The molecule has 1 spiro atoms.